The van der Waals surface area contributed by atoms with Crippen molar-refractivity contribution in [3.05, 3.63) is 42.2 Å². The zero-order valence-electron chi connectivity index (χ0n) is 12.6. The highest BCUT2D eigenvalue weighted by Gasteiger charge is 2.13. The molecule has 0 aromatic carbocycles. The highest BCUT2D eigenvalue weighted by molar-refractivity contribution is 5.80. The molecule has 0 aliphatic rings. The van der Waals surface area contributed by atoms with Gasteiger partial charge in [-0.05, 0) is 38.6 Å². The van der Waals surface area contributed by atoms with Gasteiger partial charge < -0.3 is 9.88 Å². The van der Waals surface area contributed by atoms with Gasteiger partial charge in [0.05, 0.1) is 6.54 Å². The Bertz CT molecular complexity index is 740. The maximum Gasteiger partial charge on any atom is 0.147 e. The lowest BCUT2D eigenvalue weighted by molar-refractivity contribution is 0.497. The van der Waals surface area contributed by atoms with Crippen LogP contribution in [0, 0.1) is 0 Å². The monoisotopic (exact) mass is 284 g/mol. The SMILES string of the molecule is CNCc1cn(Cc2ncnn2C(C)C)c2ncccc12. The van der Waals surface area contributed by atoms with Gasteiger partial charge in [-0.25, -0.2) is 14.6 Å². The second-order valence-corrected chi connectivity index (χ2v) is 5.40. The minimum atomic E-state index is 0.300. The fraction of sp³-hybridized carbons (Fsp3) is 0.400. The van der Waals surface area contributed by atoms with Crippen LogP contribution in [0.2, 0.25) is 0 Å². The normalized spacial score (nSPS) is 11.6. The zero-order chi connectivity index (χ0) is 14.8. The van der Waals surface area contributed by atoms with Crippen molar-refractivity contribution in [3.8, 4) is 0 Å². The van der Waals surface area contributed by atoms with E-state index in [2.05, 4.69) is 51.1 Å². The highest BCUT2D eigenvalue weighted by Crippen LogP contribution is 2.20. The van der Waals surface area contributed by atoms with Crippen molar-refractivity contribution < 1.29 is 0 Å². The summed E-state index contributed by atoms with van der Waals surface area (Å²) in [6.45, 7) is 5.72. The summed E-state index contributed by atoms with van der Waals surface area (Å²) in [4.78, 5) is 8.90. The number of rotatable bonds is 5. The quantitative estimate of drug-likeness (QED) is 0.778. The van der Waals surface area contributed by atoms with Crippen molar-refractivity contribution in [1.29, 1.82) is 0 Å². The van der Waals surface area contributed by atoms with Gasteiger partial charge in [0.25, 0.3) is 0 Å². The molecule has 0 radical (unpaired) electrons. The maximum atomic E-state index is 4.52. The van der Waals surface area contributed by atoms with E-state index in [1.54, 1.807) is 6.33 Å². The van der Waals surface area contributed by atoms with Crippen molar-refractivity contribution in [2.24, 2.45) is 0 Å². The fourth-order valence-electron chi connectivity index (χ4n) is 2.62. The summed E-state index contributed by atoms with van der Waals surface area (Å²) < 4.78 is 4.09. The average molecular weight is 284 g/mol. The second-order valence-electron chi connectivity index (χ2n) is 5.40. The fourth-order valence-corrected chi connectivity index (χ4v) is 2.62. The van der Waals surface area contributed by atoms with E-state index in [1.165, 1.54) is 10.9 Å². The first kappa shape index (κ1) is 13.8. The Morgan fingerprint density at radius 3 is 2.90 bits per heavy atom. The van der Waals surface area contributed by atoms with Gasteiger partial charge >= 0.3 is 0 Å². The second kappa shape index (κ2) is 5.65. The van der Waals surface area contributed by atoms with Crippen LogP contribution >= 0.6 is 0 Å². The van der Waals surface area contributed by atoms with Crippen LogP contribution in [-0.4, -0.2) is 31.4 Å². The van der Waals surface area contributed by atoms with Crippen molar-refractivity contribution in [2.75, 3.05) is 7.05 Å². The lowest BCUT2D eigenvalue weighted by Gasteiger charge is -2.10. The number of nitrogens with one attached hydrogen (secondary N) is 1. The number of aromatic nitrogens is 5. The van der Waals surface area contributed by atoms with E-state index in [0.717, 1.165) is 18.0 Å². The van der Waals surface area contributed by atoms with Crippen molar-refractivity contribution >= 4 is 11.0 Å². The summed E-state index contributed by atoms with van der Waals surface area (Å²) >= 11 is 0. The molecule has 0 bridgehead atoms. The summed E-state index contributed by atoms with van der Waals surface area (Å²) in [6.07, 6.45) is 5.59. The summed E-state index contributed by atoms with van der Waals surface area (Å²) in [6, 6.07) is 4.38. The van der Waals surface area contributed by atoms with Crippen LogP contribution in [0.3, 0.4) is 0 Å². The maximum absolute atomic E-state index is 4.52. The van der Waals surface area contributed by atoms with Gasteiger partial charge in [0.1, 0.15) is 17.8 Å². The van der Waals surface area contributed by atoms with Crippen LogP contribution in [0.25, 0.3) is 11.0 Å². The summed E-state index contributed by atoms with van der Waals surface area (Å²) in [7, 11) is 1.95. The summed E-state index contributed by atoms with van der Waals surface area (Å²) in [5.74, 6) is 0.948. The molecule has 3 aromatic heterocycles. The smallest absolute Gasteiger partial charge is 0.147 e. The first-order valence-corrected chi connectivity index (χ1v) is 7.16. The molecular formula is C15H20N6. The van der Waals surface area contributed by atoms with E-state index < -0.39 is 0 Å². The van der Waals surface area contributed by atoms with Crippen LogP contribution in [0.15, 0.2) is 30.9 Å². The third-order valence-electron chi connectivity index (χ3n) is 3.53. The molecule has 21 heavy (non-hydrogen) atoms. The third kappa shape index (κ3) is 2.54. The number of pyridine rings is 1. The Labute approximate surface area is 123 Å². The summed E-state index contributed by atoms with van der Waals surface area (Å²) in [5, 5.41) is 8.68. The molecule has 1 N–H and O–H groups in total. The van der Waals surface area contributed by atoms with Gasteiger partial charge in [-0.15, -0.1) is 0 Å². The molecule has 0 amide bonds. The average Bonchev–Trinajstić information content (AvgIpc) is 3.06. The topological polar surface area (TPSA) is 60.6 Å². The third-order valence-corrected chi connectivity index (χ3v) is 3.53. The van der Waals surface area contributed by atoms with Crippen molar-refractivity contribution in [1.82, 2.24) is 29.6 Å². The molecule has 0 unspecified atom stereocenters. The van der Waals surface area contributed by atoms with Gasteiger partial charge in [0, 0.05) is 30.4 Å². The lowest BCUT2D eigenvalue weighted by Crippen LogP contribution is -2.12. The molecule has 0 atom stereocenters. The Morgan fingerprint density at radius 1 is 1.29 bits per heavy atom. The molecule has 6 nitrogen and oxygen atoms in total. The molecule has 0 saturated carbocycles. The molecule has 3 rings (SSSR count). The van der Waals surface area contributed by atoms with E-state index in [0.29, 0.717) is 12.6 Å². The van der Waals surface area contributed by atoms with Crippen LogP contribution in [-0.2, 0) is 13.1 Å². The minimum absolute atomic E-state index is 0.300. The highest BCUT2D eigenvalue weighted by atomic mass is 15.4. The molecule has 110 valence electrons. The van der Waals surface area contributed by atoms with Gasteiger partial charge in [-0.1, -0.05) is 0 Å². The van der Waals surface area contributed by atoms with Gasteiger partial charge in [-0.2, -0.15) is 5.10 Å². The zero-order valence-corrected chi connectivity index (χ0v) is 12.6. The molecule has 0 aliphatic heterocycles. The molecule has 3 heterocycles. The van der Waals surface area contributed by atoms with Crippen LogP contribution < -0.4 is 5.32 Å². The van der Waals surface area contributed by atoms with Crippen LogP contribution in [0.1, 0.15) is 31.3 Å². The van der Waals surface area contributed by atoms with E-state index >= 15 is 0 Å². The van der Waals surface area contributed by atoms with Crippen LogP contribution in [0.5, 0.6) is 0 Å². The molecular weight excluding hydrogens is 264 g/mol. The minimum Gasteiger partial charge on any atom is -0.325 e. The first-order valence-electron chi connectivity index (χ1n) is 7.16. The largest absolute Gasteiger partial charge is 0.325 e. The molecule has 0 spiro atoms. The van der Waals surface area contributed by atoms with E-state index in [1.807, 2.05) is 24.0 Å². The standard InChI is InChI=1S/C15H20N6/c1-11(2)21-14(18-10-19-21)9-20-8-12(7-16-3)13-5-4-6-17-15(13)20/h4-6,8,10-11,16H,7,9H2,1-3H3. The Morgan fingerprint density at radius 2 is 2.14 bits per heavy atom. The molecule has 3 aromatic rings. The van der Waals surface area contributed by atoms with E-state index in [-0.39, 0.29) is 0 Å². The Balaban J connectivity index is 2.02. The van der Waals surface area contributed by atoms with Crippen molar-refractivity contribution in [3.63, 3.8) is 0 Å². The Kier molecular flexibility index (Phi) is 3.70. The van der Waals surface area contributed by atoms with E-state index in [4.69, 9.17) is 0 Å². The van der Waals surface area contributed by atoms with Crippen molar-refractivity contribution in [2.45, 2.75) is 33.0 Å². The first-order chi connectivity index (χ1) is 10.2. The van der Waals surface area contributed by atoms with Crippen LogP contribution in [0.4, 0.5) is 0 Å². The van der Waals surface area contributed by atoms with Gasteiger partial charge in [0.2, 0.25) is 0 Å². The summed E-state index contributed by atoms with van der Waals surface area (Å²) in [5.41, 5.74) is 2.23. The number of nitrogens with zero attached hydrogens (tertiary/aromatic N) is 5. The van der Waals surface area contributed by atoms with E-state index in [9.17, 15) is 0 Å². The molecule has 0 aliphatic carbocycles. The lowest BCUT2D eigenvalue weighted by atomic mass is 10.2. The Hall–Kier alpha value is -2.21. The van der Waals surface area contributed by atoms with Gasteiger partial charge in [-0.3, -0.25) is 0 Å². The number of hydrogen-bond donors (Lipinski definition) is 1. The predicted octanol–water partition coefficient (Wildman–Crippen LogP) is 1.98. The predicted molar refractivity (Wildman–Crippen MR) is 82.0 cm³/mol. The number of hydrogen-bond acceptors (Lipinski definition) is 4. The molecule has 0 fully saturated rings. The molecule has 6 heteroatoms. The van der Waals surface area contributed by atoms with Gasteiger partial charge in [0.15, 0.2) is 0 Å². The molecule has 0 saturated heterocycles. The number of fused-ring (bicyclic) bond motifs is 1.